The van der Waals surface area contributed by atoms with Crippen LogP contribution in [0.1, 0.15) is 37.2 Å². The Balaban J connectivity index is 1.73. The van der Waals surface area contributed by atoms with Crippen LogP contribution < -0.4 is 4.74 Å². The molecule has 3 aromatic heterocycles. The van der Waals surface area contributed by atoms with E-state index in [4.69, 9.17) is 9.26 Å². The van der Waals surface area contributed by atoms with Gasteiger partial charge in [0, 0.05) is 6.42 Å². The fourth-order valence-corrected chi connectivity index (χ4v) is 4.50. The van der Waals surface area contributed by atoms with Gasteiger partial charge in [0.2, 0.25) is 5.89 Å². The molecular weight excluding hydrogens is 406 g/mol. The van der Waals surface area contributed by atoms with E-state index in [0.29, 0.717) is 5.89 Å². The van der Waals surface area contributed by atoms with E-state index >= 15 is 0 Å². The first-order chi connectivity index (χ1) is 14.2. The Hall–Kier alpha value is -2.65. The Morgan fingerprint density at radius 3 is 2.83 bits per heavy atom. The van der Waals surface area contributed by atoms with Crippen LogP contribution in [0.3, 0.4) is 0 Å². The van der Waals surface area contributed by atoms with E-state index < -0.39 is 0 Å². The second-order valence-corrected chi connectivity index (χ2v) is 8.61. The molecule has 150 valence electrons. The highest BCUT2D eigenvalue weighted by molar-refractivity contribution is 7.99. The molecule has 0 unspecified atom stereocenters. The van der Waals surface area contributed by atoms with Gasteiger partial charge in [-0.15, -0.1) is 21.5 Å². The van der Waals surface area contributed by atoms with E-state index in [2.05, 4.69) is 27.3 Å². The van der Waals surface area contributed by atoms with Crippen molar-refractivity contribution in [3.05, 3.63) is 53.5 Å². The summed E-state index contributed by atoms with van der Waals surface area (Å²) in [5.41, 5.74) is 0.885. The number of nitrogens with zero attached hydrogens (tertiary/aromatic N) is 5. The van der Waals surface area contributed by atoms with E-state index in [1.54, 1.807) is 18.4 Å². The van der Waals surface area contributed by atoms with Crippen LogP contribution in [0, 0.1) is 0 Å². The van der Waals surface area contributed by atoms with Crippen molar-refractivity contribution in [1.29, 1.82) is 0 Å². The normalized spacial score (nSPS) is 12.2. The summed E-state index contributed by atoms with van der Waals surface area (Å²) in [6.07, 6.45) is 1.79. The molecule has 0 aliphatic rings. The molecular formula is C20H21N5O2S2. The van der Waals surface area contributed by atoms with Crippen LogP contribution in [-0.4, -0.2) is 32.0 Å². The lowest BCUT2D eigenvalue weighted by Gasteiger charge is -2.14. The molecule has 0 fully saturated rings. The zero-order chi connectivity index (χ0) is 20.2. The standard InChI is InChI=1S/C20H21N5O2S2/c1-4-8-17-21-19(27-24-17)13(2)29-20-23-22-18(16-11-7-12-28-16)25(20)14-9-5-6-10-15(14)26-3/h5-7,9-13H,4,8H2,1-3H3/t13-/m0/s1. The lowest BCUT2D eigenvalue weighted by molar-refractivity contribution is 0.374. The smallest absolute Gasteiger partial charge is 0.239 e. The minimum atomic E-state index is -0.0676. The molecule has 3 heterocycles. The van der Waals surface area contributed by atoms with Gasteiger partial charge in [-0.3, -0.25) is 4.57 Å². The third-order valence-corrected chi connectivity index (χ3v) is 6.18. The summed E-state index contributed by atoms with van der Waals surface area (Å²) in [5, 5.41) is 15.7. The van der Waals surface area contributed by atoms with E-state index in [1.165, 1.54) is 11.8 Å². The zero-order valence-electron chi connectivity index (χ0n) is 16.4. The average Bonchev–Trinajstić information content (AvgIpc) is 3.49. The van der Waals surface area contributed by atoms with Gasteiger partial charge in [-0.2, -0.15) is 4.98 Å². The monoisotopic (exact) mass is 427 g/mol. The number of hydrogen-bond acceptors (Lipinski definition) is 8. The van der Waals surface area contributed by atoms with Crippen LogP contribution >= 0.6 is 23.1 Å². The van der Waals surface area contributed by atoms with Gasteiger partial charge in [-0.1, -0.05) is 42.0 Å². The van der Waals surface area contributed by atoms with Gasteiger partial charge >= 0.3 is 0 Å². The number of ether oxygens (including phenoxy) is 1. The van der Waals surface area contributed by atoms with Crippen molar-refractivity contribution in [1.82, 2.24) is 24.9 Å². The molecule has 1 atom stereocenters. The molecule has 0 aliphatic carbocycles. The number of thiophene rings is 1. The third-order valence-electron chi connectivity index (χ3n) is 4.29. The predicted molar refractivity (Wildman–Crippen MR) is 114 cm³/mol. The molecule has 0 N–H and O–H groups in total. The molecule has 0 saturated carbocycles. The maximum absolute atomic E-state index is 5.59. The first-order valence-corrected chi connectivity index (χ1v) is 11.1. The second kappa shape index (κ2) is 8.79. The molecule has 4 rings (SSSR count). The topological polar surface area (TPSA) is 78.9 Å². The first-order valence-electron chi connectivity index (χ1n) is 9.33. The summed E-state index contributed by atoms with van der Waals surface area (Å²) in [6, 6.07) is 11.9. The minimum Gasteiger partial charge on any atom is -0.495 e. The van der Waals surface area contributed by atoms with Crippen molar-refractivity contribution in [2.75, 3.05) is 7.11 Å². The Kier molecular flexibility index (Phi) is 5.96. The molecule has 0 radical (unpaired) electrons. The van der Waals surface area contributed by atoms with Crippen LogP contribution in [0.5, 0.6) is 5.75 Å². The van der Waals surface area contributed by atoms with E-state index in [9.17, 15) is 0 Å². The predicted octanol–water partition coefficient (Wildman–Crippen LogP) is 5.19. The molecule has 7 nitrogen and oxygen atoms in total. The number of rotatable bonds is 8. The second-order valence-electron chi connectivity index (χ2n) is 6.35. The highest BCUT2D eigenvalue weighted by atomic mass is 32.2. The summed E-state index contributed by atoms with van der Waals surface area (Å²) in [4.78, 5) is 5.54. The number of hydrogen-bond donors (Lipinski definition) is 0. The van der Waals surface area contributed by atoms with Crippen LogP contribution in [0.25, 0.3) is 16.4 Å². The number of benzene rings is 1. The SMILES string of the molecule is CCCc1noc([C@H](C)Sc2nnc(-c3cccs3)n2-c2ccccc2OC)n1. The molecule has 29 heavy (non-hydrogen) atoms. The molecule has 0 spiro atoms. The lowest BCUT2D eigenvalue weighted by Crippen LogP contribution is -2.02. The number of aromatic nitrogens is 5. The average molecular weight is 428 g/mol. The molecule has 9 heteroatoms. The van der Waals surface area contributed by atoms with E-state index in [0.717, 1.165) is 46.0 Å². The maximum atomic E-state index is 5.59. The minimum absolute atomic E-state index is 0.0676. The van der Waals surface area contributed by atoms with Gasteiger partial charge in [-0.05, 0) is 36.9 Å². The fourth-order valence-electron chi connectivity index (χ4n) is 2.91. The van der Waals surface area contributed by atoms with Crippen LogP contribution in [0.4, 0.5) is 0 Å². The Bertz CT molecular complexity index is 1070. The third kappa shape index (κ3) is 4.06. The zero-order valence-corrected chi connectivity index (χ0v) is 18.0. The molecule has 0 bridgehead atoms. The maximum Gasteiger partial charge on any atom is 0.239 e. The number of methoxy groups -OCH3 is 1. The van der Waals surface area contributed by atoms with Crippen molar-refractivity contribution in [3.63, 3.8) is 0 Å². The Morgan fingerprint density at radius 2 is 2.07 bits per heavy atom. The Labute approximate surface area is 177 Å². The summed E-state index contributed by atoms with van der Waals surface area (Å²) in [6.45, 7) is 4.12. The van der Waals surface area contributed by atoms with E-state index in [1.807, 2.05) is 53.3 Å². The van der Waals surface area contributed by atoms with Gasteiger partial charge in [0.05, 0.1) is 22.9 Å². The van der Waals surface area contributed by atoms with Crippen molar-refractivity contribution < 1.29 is 9.26 Å². The Morgan fingerprint density at radius 1 is 1.21 bits per heavy atom. The van der Waals surface area contributed by atoms with Gasteiger partial charge in [0.1, 0.15) is 5.75 Å². The quantitative estimate of drug-likeness (QED) is 0.358. The largest absolute Gasteiger partial charge is 0.495 e. The summed E-state index contributed by atoms with van der Waals surface area (Å²) < 4.78 is 13.1. The molecule has 4 aromatic rings. The molecule has 0 aliphatic heterocycles. The van der Waals surface area contributed by atoms with Crippen molar-refractivity contribution >= 4 is 23.1 Å². The highest BCUT2D eigenvalue weighted by Gasteiger charge is 2.23. The molecule has 0 saturated heterocycles. The van der Waals surface area contributed by atoms with Gasteiger partial charge < -0.3 is 9.26 Å². The van der Waals surface area contributed by atoms with Crippen LogP contribution in [0.2, 0.25) is 0 Å². The number of para-hydroxylation sites is 2. The van der Waals surface area contributed by atoms with Crippen molar-refractivity contribution in [3.8, 4) is 22.1 Å². The lowest BCUT2D eigenvalue weighted by atomic mass is 10.3. The summed E-state index contributed by atoms with van der Waals surface area (Å²) in [7, 11) is 1.66. The van der Waals surface area contributed by atoms with Gasteiger partial charge in [0.25, 0.3) is 0 Å². The first kappa shape index (κ1) is 19.7. The van der Waals surface area contributed by atoms with Gasteiger partial charge in [0.15, 0.2) is 16.8 Å². The van der Waals surface area contributed by atoms with Crippen molar-refractivity contribution in [2.24, 2.45) is 0 Å². The highest BCUT2D eigenvalue weighted by Crippen LogP contribution is 2.39. The number of aryl methyl sites for hydroxylation is 1. The molecule has 1 aromatic carbocycles. The van der Waals surface area contributed by atoms with Gasteiger partial charge in [-0.25, -0.2) is 0 Å². The summed E-state index contributed by atoms with van der Waals surface area (Å²) >= 11 is 3.15. The molecule has 0 amide bonds. The van der Waals surface area contributed by atoms with Crippen LogP contribution in [-0.2, 0) is 6.42 Å². The van der Waals surface area contributed by atoms with Crippen molar-refractivity contribution in [2.45, 2.75) is 37.1 Å². The van der Waals surface area contributed by atoms with Crippen LogP contribution in [0.15, 0.2) is 51.5 Å². The summed E-state index contributed by atoms with van der Waals surface area (Å²) in [5.74, 6) is 2.85. The number of thioether (sulfide) groups is 1. The fraction of sp³-hybridized carbons (Fsp3) is 0.300. The van der Waals surface area contributed by atoms with E-state index in [-0.39, 0.29) is 5.25 Å².